The number of ether oxygens (including phenoxy) is 2. The van der Waals surface area contributed by atoms with E-state index in [2.05, 4.69) is 5.32 Å². The third kappa shape index (κ3) is 4.44. The first-order chi connectivity index (χ1) is 17.4. The summed E-state index contributed by atoms with van der Waals surface area (Å²) < 4.78 is 17.0. The number of fused-ring (bicyclic) bond motifs is 1. The molecule has 0 bridgehead atoms. The van der Waals surface area contributed by atoms with Gasteiger partial charge in [-0.1, -0.05) is 29.8 Å². The molecule has 1 aromatic heterocycles. The van der Waals surface area contributed by atoms with Gasteiger partial charge >= 0.3 is 5.97 Å². The molecule has 0 saturated heterocycles. The first kappa shape index (κ1) is 23.6. The van der Waals surface area contributed by atoms with Crippen molar-refractivity contribution in [1.82, 2.24) is 5.32 Å². The van der Waals surface area contributed by atoms with Gasteiger partial charge in [-0.3, -0.25) is 9.59 Å². The molecule has 7 nitrogen and oxygen atoms in total. The van der Waals surface area contributed by atoms with E-state index >= 15 is 0 Å². The van der Waals surface area contributed by atoms with Crippen LogP contribution in [-0.2, 0) is 14.3 Å². The number of hydrogen-bond acceptors (Lipinski definition) is 7. The lowest BCUT2D eigenvalue weighted by atomic mass is 9.75. The molecule has 5 rings (SSSR count). The van der Waals surface area contributed by atoms with Gasteiger partial charge in [-0.05, 0) is 51.0 Å². The number of carbonyl (C=O) groups is 2. The second kappa shape index (κ2) is 9.85. The van der Waals surface area contributed by atoms with Crippen LogP contribution in [0.5, 0.6) is 5.75 Å². The van der Waals surface area contributed by atoms with E-state index in [0.29, 0.717) is 47.3 Å². The van der Waals surface area contributed by atoms with Crippen molar-refractivity contribution in [2.24, 2.45) is 0 Å². The molecule has 2 aromatic carbocycles. The Morgan fingerprint density at radius 1 is 1.06 bits per heavy atom. The molecule has 184 valence electrons. The van der Waals surface area contributed by atoms with E-state index in [9.17, 15) is 14.4 Å². The molecule has 0 radical (unpaired) electrons. The zero-order valence-corrected chi connectivity index (χ0v) is 20.3. The minimum absolute atomic E-state index is 0.0165. The van der Waals surface area contributed by atoms with E-state index in [0.717, 1.165) is 11.3 Å². The third-order valence-electron chi connectivity index (χ3n) is 6.59. The number of aryl methyl sites for hydroxylation is 1. The summed E-state index contributed by atoms with van der Waals surface area (Å²) in [5.74, 6) is -0.872. The van der Waals surface area contributed by atoms with Gasteiger partial charge in [-0.2, -0.15) is 0 Å². The molecule has 0 fully saturated rings. The average Bonchev–Trinajstić information content (AvgIpc) is 2.87. The fourth-order valence-electron chi connectivity index (χ4n) is 4.91. The molecule has 1 aliphatic heterocycles. The number of allylic oxidation sites excluding steroid dienone is 3. The van der Waals surface area contributed by atoms with Gasteiger partial charge in [0.05, 0.1) is 23.1 Å². The summed E-state index contributed by atoms with van der Waals surface area (Å²) in [6.07, 6.45) is 3.12. The minimum atomic E-state index is -0.863. The maximum absolute atomic E-state index is 13.6. The summed E-state index contributed by atoms with van der Waals surface area (Å²) >= 11 is 0. The Bertz CT molecular complexity index is 1460. The number of esters is 1. The zero-order valence-electron chi connectivity index (χ0n) is 20.3. The smallest absolute Gasteiger partial charge is 0.336 e. The number of dihydropyridines is 1. The van der Waals surface area contributed by atoms with Crippen LogP contribution in [0.1, 0.15) is 43.2 Å². The normalized spacial score (nSPS) is 17.6. The Morgan fingerprint density at radius 2 is 1.86 bits per heavy atom. The van der Waals surface area contributed by atoms with Gasteiger partial charge in [0.25, 0.3) is 0 Å². The number of nitrogens with one attached hydrogen (secondary N) is 1. The van der Waals surface area contributed by atoms with Gasteiger partial charge in [0, 0.05) is 29.0 Å². The van der Waals surface area contributed by atoms with Crippen LogP contribution in [0.15, 0.2) is 86.5 Å². The van der Waals surface area contributed by atoms with Crippen LogP contribution in [0.4, 0.5) is 0 Å². The number of benzene rings is 2. The van der Waals surface area contributed by atoms with Crippen molar-refractivity contribution >= 4 is 22.7 Å². The largest absolute Gasteiger partial charge is 0.490 e. The Balaban J connectivity index is 1.50. The molecule has 1 atom stereocenters. The SMILES string of the molecule is CC1=C(C(=O)OCCOc2ccccc2)[C@@H](c2coc3ccc(C)cc3c2=O)C2=C(CCCC2=O)N1. The Labute approximate surface area is 208 Å². The topological polar surface area (TPSA) is 94.8 Å². The highest BCUT2D eigenvalue weighted by atomic mass is 16.6. The lowest BCUT2D eigenvalue weighted by Gasteiger charge is -2.33. The highest BCUT2D eigenvalue weighted by molar-refractivity contribution is 6.04. The lowest BCUT2D eigenvalue weighted by Crippen LogP contribution is -2.36. The quantitative estimate of drug-likeness (QED) is 0.400. The number of carbonyl (C=O) groups excluding carboxylic acids is 2. The van der Waals surface area contributed by atoms with Crippen LogP contribution in [0, 0.1) is 6.92 Å². The summed E-state index contributed by atoms with van der Waals surface area (Å²) in [7, 11) is 0. The number of Topliss-reactive ketones (excluding diaryl/α,β-unsaturated/α-hetero) is 1. The Morgan fingerprint density at radius 3 is 2.67 bits per heavy atom. The number of rotatable bonds is 6. The molecular weight excluding hydrogens is 458 g/mol. The predicted octanol–water partition coefficient (Wildman–Crippen LogP) is 4.69. The van der Waals surface area contributed by atoms with E-state index in [1.807, 2.05) is 43.3 Å². The van der Waals surface area contributed by atoms with E-state index in [4.69, 9.17) is 13.9 Å². The Hall–Kier alpha value is -4.13. The molecule has 1 N–H and O–H groups in total. The molecule has 2 heterocycles. The van der Waals surface area contributed by atoms with Crippen LogP contribution >= 0.6 is 0 Å². The predicted molar refractivity (Wildman–Crippen MR) is 135 cm³/mol. The monoisotopic (exact) mass is 485 g/mol. The fourth-order valence-corrected chi connectivity index (χ4v) is 4.91. The average molecular weight is 486 g/mol. The van der Waals surface area contributed by atoms with E-state index in [1.165, 1.54) is 6.26 Å². The van der Waals surface area contributed by atoms with Crippen LogP contribution in [0.2, 0.25) is 0 Å². The van der Waals surface area contributed by atoms with Crippen molar-refractivity contribution in [2.45, 2.75) is 39.0 Å². The van der Waals surface area contributed by atoms with Crippen LogP contribution in [0.25, 0.3) is 11.0 Å². The van der Waals surface area contributed by atoms with Crippen LogP contribution in [-0.4, -0.2) is 25.0 Å². The lowest BCUT2D eigenvalue weighted by molar-refractivity contribution is -0.140. The molecule has 0 saturated carbocycles. The second-order valence-electron chi connectivity index (χ2n) is 9.08. The maximum atomic E-state index is 13.6. The number of ketones is 1. The standard InChI is InChI=1S/C29H27NO6/c1-17-11-12-24-20(15-17)28(32)21(16-36-24)26-25(18(2)30-22-9-6-10-23(31)27(22)26)29(33)35-14-13-34-19-7-4-3-5-8-19/h3-5,7-8,11-12,15-16,26,30H,6,9-10,13-14H2,1-2H3/t26-/m1/s1. The Kier molecular flexibility index (Phi) is 6.46. The van der Waals surface area contributed by atoms with E-state index in [1.54, 1.807) is 19.1 Å². The summed E-state index contributed by atoms with van der Waals surface area (Å²) in [6, 6.07) is 14.6. The van der Waals surface area contributed by atoms with Gasteiger partial charge in [0.1, 0.15) is 24.5 Å². The first-order valence-corrected chi connectivity index (χ1v) is 12.0. The molecule has 0 spiro atoms. The number of para-hydroxylation sites is 1. The van der Waals surface area contributed by atoms with E-state index < -0.39 is 11.9 Å². The van der Waals surface area contributed by atoms with Crippen molar-refractivity contribution in [3.63, 3.8) is 0 Å². The van der Waals surface area contributed by atoms with Crippen molar-refractivity contribution in [2.75, 3.05) is 13.2 Å². The van der Waals surface area contributed by atoms with Gasteiger partial charge in [0.15, 0.2) is 11.2 Å². The first-order valence-electron chi connectivity index (χ1n) is 12.0. The molecule has 36 heavy (non-hydrogen) atoms. The van der Waals surface area contributed by atoms with Gasteiger partial charge in [-0.25, -0.2) is 4.79 Å². The second-order valence-corrected chi connectivity index (χ2v) is 9.08. The zero-order chi connectivity index (χ0) is 25.2. The van der Waals surface area contributed by atoms with Crippen molar-refractivity contribution in [3.8, 4) is 5.75 Å². The van der Waals surface area contributed by atoms with Crippen molar-refractivity contribution < 1.29 is 23.5 Å². The third-order valence-corrected chi connectivity index (χ3v) is 6.59. The minimum Gasteiger partial charge on any atom is -0.490 e. The molecular formula is C29H27NO6. The summed E-state index contributed by atoms with van der Waals surface area (Å²) in [4.78, 5) is 40.1. The van der Waals surface area contributed by atoms with Crippen molar-refractivity contribution in [1.29, 1.82) is 0 Å². The molecule has 0 unspecified atom stereocenters. The van der Waals surface area contributed by atoms with Gasteiger partial charge < -0.3 is 19.2 Å². The molecule has 2 aliphatic rings. The molecule has 3 aromatic rings. The summed E-state index contributed by atoms with van der Waals surface area (Å²) in [5, 5.41) is 3.65. The molecule has 0 amide bonds. The highest BCUT2D eigenvalue weighted by Gasteiger charge is 2.40. The number of hydrogen-bond donors (Lipinski definition) is 1. The van der Waals surface area contributed by atoms with Crippen LogP contribution < -0.4 is 15.5 Å². The van der Waals surface area contributed by atoms with Gasteiger partial charge in [-0.15, -0.1) is 0 Å². The van der Waals surface area contributed by atoms with E-state index in [-0.39, 0.29) is 35.6 Å². The highest BCUT2D eigenvalue weighted by Crippen LogP contribution is 2.42. The summed E-state index contributed by atoms with van der Waals surface area (Å²) in [6.45, 7) is 3.85. The molecule has 7 heteroatoms. The van der Waals surface area contributed by atoms with Gasteiger partial charge in [0.2, 0.25) is 0 Å². The summed E-state index contributed by atoms with van der Waals surface area (Å²) in [5.41, 5.74) is 3.35. The maximum Gasteiger partial charge on any atom is 0.336 e. The van der Waals surface area contributed by atoms with Crippen LogP contribution in [0.3, 0.4) is 0 Å². The van der Waals surface area contributed by atoms with Crippen molar-refractivity contribution in [3.05, 3.63) is 98.7 Å². The fraction of sp³-hybridized carbons (Fsp3) is 0.276. The molecule has 1 aliphatic carbocycles.